The predicted octanol–water partition coefficient (Wildman–Crippen LogP) is 6.95. The Bertz CT molecular complexity index is 199. The summed E-state index contributed by atoms with van der Waals surface area (Å²) >= 11 is 0. The van der Waals surface area contributed by atoms with Gasteiger partial charge in [0.05, 0.1) is 0 Å². The van der Waals surface area contributed by atoms with Gasteiger partial charge in [0.2, 0.25) is 0 Å². The predicted molar refractivity (Wildman–Crippen MR) is 104 cm³/mol. The van der Waals surface area contributed by atoms with E-state index >= 15 is 0 Å². The molecule has 0 heterocycles. The quantitative estimate of drug-likeness (QED) is 0.189. The number of unbranched alkanes of at least 4 members (excludes halogenated alkanes) is 2. The second-order valence-corrected chi connectivity index (χ2v) is 9.92. The Morgan fingerprint density at radius 3 is 2.19 bits per heavy atom. The van der Waals surface area contributed by atoms with Crippen LogP contribution >= 0.6 is 17.2 Å². The molecule has 1 aliphatic rings. The molecule has 0 aromatic carbocycles. The maximum atomic E-state index is 2.49. The molecule has 3 heteroatoms. The zero-order valence-electron chi connectivity index (χ0n) is 15.4. The summed E-state index contributed by atoms with van der Waals surface area (Å²) in [6.07, 6.45) is 13.0. The topological polar surface area (TPSA) is 0 Å². The van der Waals surface area contributed by atoms with Gasteiger partial charge in [-0.25, -0.2) is 0 Å². The number of hydrogen-bond acceptors (Lipinski definition) is 0. The van der Waals surface area contributed by atoms with Crippen molar-refractivity contribution in [3.05, 3.63) is 20.5 Å². The zero-order chi connectivity index (χ0) is 13.4. The third-order valence-corrected chi connectivity index (χ3v) is 6.96. The van der Waals surface area contributed by atoms with Crippen LogP contribution in [0.5, 0.6) is 0 Å². The Hall–Kier alpha value is 1.57. The van der Waals surface area contributed by atoms with Crippen molar-refractivity contribution in [2.24, 2.45) is 5.41 Å². The van der Waals surface area contributed by atoms with Crippen molar-refractivity contribution < 1.29 is 21.7 Å². The van der Waals surface area contributed by atoms with Crippen LogP contribution in [0.4, 0.5) is 0 Å². The first kappa shape index (κ1) is 27.4. The molecular formula is C18H39P2Ti. The van der Waals surface area contributed by atoms with Gasteiger partial charge >= 0.3 is 21.7 Å². The summed E-state index contributed by atoms with van der Waals surface area (Å²) in [6.45, 7) is 9.62. The molecule has 1 fully saturated rings. The smallest absolute Gasteiger partial charge is 0.358 e. The van der Waals surface area contributed by atoms with Gasteiger partial charge in [-0.3, -0.25) is 14.2 Å². The fourth-order valence-electron chi connectivity index (χ4n) is 2.96. The minimum Gasteiger partial charge on any atom is -0.358 e. The molecular weight excluding hydrogens is 326 g/mol. The molecule has 3 unspecified atom stereocenters. The zero-order valence-corrected chi connectivity index (χ0v) is 19.0. The van der Waals surface area contributed by atoms with Crippen LogP contribution in [0.25, 0.3) is 0 Å². The molecule has 0 aliphatic heterocycles. The first-order valence-electron chi connectivity index (χ1n) is 7.89. The third kappa shape index (κ3) is 12.6. The molecule has 0 nitrogen and oxygen atoms in total. The van der Waals surface area contributed by atoms with Crippen LogP contribution in [0.2, 0.25) is 0 Å². The van der Waals surface area contributed by atoms with Gasteiger partial charge in [-0.05, 0) is 24.7 Å². The Morgan fingerprint density at radius 2 is 1.62 bits per heavy atom. The van der Waals surface area contributed by atoms with Crippen LogP contribution in [-0.4, -0.2) is 18.0 Å². The average Bonchev–Trinajstić information content (AvgIpc) is 2.28. The molecule has 0 bridgehead atoms. The molecule has 0 spiro atoms. The van der Waals surface area contributed by atoms with Gasteiger partial charge in [-0.2, -0.15) is 12.8 Å². The van der Waals surface area contributed by atoms with E-state index < -0.39 is 0 Å². The van der Waals surface area contributed by atoms with E-state index in [-0.39, 0.29) is 36.6 Å². The normalized spacial score (nSPS) is 22.0. The number of hydrogen-bond donors (Lipinski definition) is 0. The second kappa shape index (κ2) is 15.1. The Kier molecular flexibility index (Phi) is 19.7. The summed E-state index contributed by atoms with van der Waals surface area (Å²) in [5.74, 6) is 0. The van der Waals surface area contributed by atoms with Crippen molar-refractivity contribution in [3.63, 3.8) is 0 Å². The van der Waals surface area contributed by atoms with Gasteiger partial charge in [0.15, 0.2) is 0 Å². The van der Waals surface area contributed by atoms with Gasteiger partial charge < -0.3 is 14.9 Å². The molecule has 0 N–H and O–H groups in total. The van der Waals surface area contributed by atoms with E-state index in [4.69, 9.17) is 0 Å². The molecule has 0 aromatic heterocycles. The van der Waals surface area contributed by atoms with Gasteiger partial charge in [-0.15, -0.1) is 8.58 Å². The maximum Gasteiger partial charge on any atom is 3.00 e. The van der Waals surface area contributed by atoms with Crippen LogP contribution in [0, 0.1) is 25.9 Å². The van der Waals surface area contributed by atoms with Crippen molar-refractivity contribution in [2.45, 2.75) is 78.3 Å². The molecule has 1 radical (unpaired) electrons. The van der Waals surface area contributed by atoms with Crippen LogP contribution in [0.3, 0.4) is 0 Å². The van der Waals surface area contributed by atoms with E-state index in [1.54, 1.807) is 0 Å². The summed E-state index contributed by atoms with van der Waals surface area (Å²) in [6, 6.07) is 0. The summed E-state index contributed by atoms with van der Waals surface area (Å²) in [5.41, 5.74) is 3.55. The van der Waals surface area contributed by atoms with Crippen LogP contribution in [0.15, 0.2) is 0 Å². The van der Waals surface area contributed by atoms with Crippen LogP contribution < -0.4 is 0 Å². The summed E-state index contributed by atoms with van der Waals surface area (Å²) < 4.78 is 0. The average molecular weight is 365 g/mol. The molecule has 1 rings (SSSR count). The van der Waals surface area contributed by atoms with Crippen molar-refractivity contribution in [2.75, 3.05) is 12.3 Å². The number of rotatable bonds is 8. The van der Waals surface area contributed by atoms with Crippen molar-refractivity contribution in [1.29, 1.82) is 0 Å². The van der Waals surface area contributed by atoms with E-state index in [0.29, 0.717) is 5.41 Å². The van der Waals surface area contributed by atoms with Gasteiger partial charge in [0.25, 0.3) is 0 Å². The van der Waals surface area contributed by atoms with E-state index in [2.05, 4.69) is 27.7 Å². The van der Waals surface area contributed by atoms with Crippen molar-refractivity contribution >= 4 is 17.2 Å². The van der Waals surface area contributed by atoms with Crippen LogP contribution in [-0.2, 0) is 21.7 Å². The molecule has 21 heavy (non-hydrogen) atoms. The Morgan fingerprint density at radius 1 is 1.05 bits per heavy atom. The molecule has 1 saturated carbocycles. The standard InChI is InChI=1S/C16H33P2.2CH3.Ti/c1-5-7-9-17-14-11-15(18-10-8-6-2)13-16(3,4)12-14;;;/h14,17-18H,5-13H2,1-4H3;2*1H3;/q3*-1;+3. The first-order valence-corrected chi connectivity index (χ1v) is 10.4. The first-order chi connectivity index (χ1) is 8.57. The maximum absolute atomic E-state index is 2.49. The molecule has 1 aliphatic carbocycles. The fourth-order valence-corrected chi connectivity index (χ4v) is 7.10. The summed E-state index contributed by atoms with van der Waals surface area (Å²) in [5, 5.41) is 0. The Labute approximate surface area is 155 Å². The van der Waals surface area contributed by atoms with Crippen LogP contribution in [0.1, 0.15) is 72.6 Å². The molecule has 3 atom stereocenters. The Balaban J connectivity index is -0.00000108. The van der Waals surface area contributed by atoms with E-state index in [1.165, 1.54) is 74.4 Å². The van der Waals surface area contributed by atoms with E-state index in [9.17, 15) is 0 Å². The largest absolute Gasteiger partial charge is 3.00 e. The van der Waals surface area contributed by atoms with Gasteiger partial charge in [0, 0.05) is 0 Å². The monoisotopic (exact) mass is 365 g/mol. The minimum atomic E-state index is 0. The molecule has 0 amide bonds. The van der Waals surface area contributed by atoms with Gasteiger partial charge in [0.1, 0.15) is 0 Å². The van der Waals surface area contributed by atoms with E-state index in [0.717, 1.165) is 5.66 Å². The SMILES string of the molecule is CCCCP[C-]1CC(PCCCC)CC(C)(C)C1.[CH3-].[CH3-].[Ti+3]. The fraction of sp³-hybridized carbons (Fsp3) is 0.833. The molecule has 125 valence electrons. The van der Waals surface area contributed by atoms with Gasteiger partial charge in [-0.1, -0.05) is 58.5 Å². The van der Waals surface area contributed by atoms with E-state index in [1.807, 2.05) is 5.66 Å². The molecule has 0 aromatic rings. The third-order valence-electron chi connectivity index (χ3n) is 3.85. The minimum absolute atomic E-state index is 0. The molecule has 0 saturated heterocycles. The summed E-state index contributed by atoms with van der Waals surface area (Å²) in [4.78, 5) is 0. The van der Waals surface area contributed by atoms with Crippen molar-refractivity contribution in [3.8, 4) is 0 Å². The van der Waals surface area contributed by atoms with Crippen molar-refractivity contribution in [1.82, 2.24) is 0 Å². The second-order valence-electron chi connectivity index (χ2n) is 6.64. The summed E-state index contributed by atoms with van der Waals surface area (Å²) in [7, 11) is 2.40.